The van der Waals surface area contributed by atoms with Crippen molar-refractivity contribution in [2.75, 3.05) is 13.7 Å². The molecule has 110 valence electrons. The summed E-state index contributed by atoms with van der Waals surface area (Å²) in [6.45, 7) is 2.02. The Labute approximate surface area is 117 Å². The summed E-state index contributed by atoms with van der Waals surface area (Å²) in [4.78, 5) is 23.1. The van der Waals surface area contributed by atoms with Crippen molar-refractivity contribution in [1.29, 1.82) is 0 Å². The van der Waals surface area contributed by atoms with Crippen LogP contribution in [-0.2, 0) is 14.3 Å². The molecule has 4 atom stereocenters. The number of fused-ring (bicyclic) bond motifs is 1. The van der Waals surface area contributed by atoms with E-state index in [0.717, 1.165) is 5.57 Å². The molecule has 0 radical (unpaired) electrons. The van der Waals surface area contributed by atoms with Gasteiger partial charge in [0.1, 0.15) is 6.10 Å². The number of methoxy groups -OCH3 is 1. The number of rotatable bonds is 4. The lowest BCUT2D eigenvalue weighted by Crippen LogP contribution is -2.57. The lowest BCUT2D eigenvalue weighted by atomic mass is 9.54. The van der Waals surface area contributed by atoms with Crippen molar-refractivity contribution < 1.29 is 24.5 Å². The van der Waals surface area contributed by atoms with Gasteiger partial charge in [-0.2, -0.15) is 0 Å². The molecule has 2 rings (SSSR count). The molecular weight excluding hydrogens is 260 g/mol. The van der Waals surface area contributed by atoms with Gasteiger partial charge in [0, 0.05) is 12.5 Å². The molecule has 2 aliphatic carbocycles. The Morgan fingerprint density at radius 1 is 1.55 bits per heavy atom. The lowest BCUT2D eigenvalue weighted by molar-refractivity contribution is -0.152. The molecule has 0 spiro atoms. The van der Waals surface area contributed by atoms with Gasteiger partial charge in [-0.1, -0.05) is 17.7 Å². The summed E-state index contributed by atoms with van der Waals surface area (Å²) in [7, 11) is 1.51. The Hall–Kier alpha value is -1.46. The molecular formula is C15H20O5. The minimum Gasteiger partial charge on any atom is -0.481 e. The maximum absolute atomic E-state index is 12.0. The van der Waals surface area contributed by atoms with E-state index in [1.54, 1.807) is 6.08 Å². The van der Waals surface area contributed by atoms with Gasteiger partial charge in [-0.3, -0.25) is 9.59 Å². The fraction of sp³-hybridized carbons (Fsp3) is 0.600. The van der Waals surface area contributed by atoms with Gasteiger partial charge >= 0.3 is 5.97 Å². The summed E-state index contributed by atoms with van der Waals surface area (Å²) in [6, 6.07) is 0. The summed E-state index contributed by atoms with van der Waals surface area (Å²) in [5.74, 6) is -1.78. The first kappa shape index (κ1) is 14.9. The molecule has 2 aliphatic rings. The molecule has 5 heteroatoms. The monoisotopic (exact) mass is 280 g/mol. The Kier molecular flexibility index (Phi) is 4.11. The number of carbonyl (C=O) groups is 2. The Bertz CT molecular complexity index is 479. The first-order valence-corrected chi connectivity index (χ1v) is 6.71. The number of ketones is 1. The minimum absolute atomic E-state index is 0.0653. The van der Waals surface area contributed by atoms with E-state index in [-0.39, 0.29) is 24.7 Å². The van der Waals surface area contributed by atoms with E-state index in [1.807, 2.05) is 13.0 Å². The second kappa shape index (κ2) is 5.50. The molecule has 0 aliphatic heterocycles. The maximum Gasteiger partial charge on any atom is 0.303 e. The van der Waals surface area contributed by atoms with Gasteiger partial charge in [0.2, 0.25) is 0 Å². The van der Waals surface area contributed by atoms with Crippen LogP contribution in [0.15, 0.2) is 23.8 Å². The van der Waals surface area contributed by atoms with Gasteiger partial charge in [-0.15, -0.1) is 0 Å². The normalized spacial score (nSPS) is 36.5. The highest BCUT2D eigenvalue weighted by Crippen LogP contribution is 2.52. The number of carbonyl (C=O) groups excluding carboxylic acids is 1. The van der Waals surface area contributed by atoms with Crippen LogP contribution in [0.1, 0.15) is 19.8 Å². The van der Waals surface area contributed by atoms with Crippen molar-refractivity contribution >= 4 is 11.8 Å². The standard InChI is InChI=1S/C15H20O5/c1-9-6-12(16)14(19)15(8-20-2)10(7-13(17)18)4-3-5-11(9)15/h3-4,6,10-11,14,19H,5,7-8H2,1-2H3,(H,17,18). The highest BCUT2D eigenvalue weighted by Gasteiger charge is 2.55. The predicted octanol–water partition coefficient (Wildman–Crippen LogP) is 1.18. The summed E-state index contributed by atoms with van der Waals surface area (Å²) >= 11 is 0. The van der Waals surface area contributed by atoms with Gasteiger partial charge in [0.25, 0.3) is 0 Å². The number of carboxylic acids is 1. The molecule has 0 aromatic heterocycles. The zero-order valence-corrected chi connectivity index (χ0v) is 11.7. The molecule has 0 aromatic rings. The number of aliphatic hydroxyl groups excluding tert-OH is 1. The van der Waals surface area contributed by atoms with E-state index in [2.05, 4.69) is 0 Å². The Morgan fingerprint density at radius 2 is 2.25 bits per heavy atom. The van der Waals surface area contributed by atoms with Gasteiger partial charge in [0.05, 0.1) is 13.0 Å². The van der Waals surface area contributed by atoms with Crippen LogP contribution in [0.5, 0.6) is 0 Å². The number of hydrogen-bond donors (Lipinski definition) is 2. The average Bonchev–Trinajstić information content (AvgIpc) is 2.37. The predicted molar refractivity (Wildman–Crippen MR) is 72.1 cm³/mol. The van der Waals surface area contributed by atoms with Crippen molar-refractivity contribution in [2.45, 2.75) is 25.9 Å². The van der Waals surface area contributed by atoms with Gasteiger partial charge in [-0.25, -0.2) is 0 Å². The third kappa shape index (κ3) is 2.21. The second-order valence-electron chi connectivity index (χ2n) is 5.66. The zero-order chi connectivity index (χ0) is 14.9. The molecule has 0 aromatic carbocycles. The SMILES string of the molecule is COCC12C(CC(=O)O)C=CCC1C(C)=CC(=O)C2O. The first-order valence-electron chi connectivity index (χ1n) is 6.71. The maximum atomic E-state index is 12.0. The van der Waals surface area contributed by atoms with E-state index < -0.39 is 23.4 Å². The van der Waals surface area contributed by atoms with E-state index in [4.69, 9.17) is 9.84 Å². The van der Waals surface area contributed by atoms with E-state index >= 15 is 0 Å². The van der Waals surface area contributed by atoms with E-state index in [1.165, 1.54) is 13.2 Å². The molecule has 4 unspecified atom stereocenters. The lowest BCUT2D eigenvalue weighted by Gasteiger charge is -2.51. The van der Waals surface area contributed by atoms with Gasteiger partial charge < -0.3 is 14.9 Å². The largest absolute Gasteiger partial charge is 0.481 e. The fourth-order valence-corrected chi connectivity index (χ4v) is 3.69. The van der Waals surface area contributed by atoms with Crippen LogP contribution >= 0.6 is 0 Å². The molecule has 20 heavy (non-hydrogen) atoms. The van der Waals surface area contributed by atoms with Gasteiger partial charge in [-0.05, 0) is 31.3 Å². The second-order valence-corrected chi connectivity index (χ2v) is 5.66. The number of aliphatic hydroxyl groups is 1. The van der Waals surface area contributed by atoms with Crippen LogP contribution in [0.2, 0.25) is 0 Å². The van der Waals surface area contributed by atoms with Crippen LogP contribution in [0.3, 0.4) is 0 Å². The summed E-state index contributed by atoms with van der Waals surface area (Å²) in [5, 5.41) is 19.6. The van der Waals surface area contributed by atoms with Crippen LogP contribution < -0.4 is 0 Å². The smallest absolute Gasteiger partial charge is 0.303 e. The number of ether oxygens (including phenoxy) is 1. The summed E-state index contributed by atoms with van der Waals surface area (Å²) < 4.78 is 5.25. The number of allylic oxidation sites excluding steroid dienone is 3. The van der Waals surface area contributed by atoms with Crippen LogP contribution in [-0.4, -0.2) is 41.8 Å². The zero-order valence-electron chi connectivity index (χ0n) is 11.7. The van der Waals surface area contributed by atoms with Crippen LogP contribution in [0.4, 0.5) is 0 Å². The molecule has 0 heterocycles. The number of hydrogen-bond acceptors (Lipinski definition) is 4. The molecule has 0 saturated carbocycles. The van der Waals surface area contributed by atoms with Crippen molar-refractivity contribution in [1.82, 2.24) is 0 Å². The summed E-state index contributed by atoms with van der Waals surface area (Å²) in [6.07, 6.45) is 4.57. The van der Waals surface area contributed by atoms with Crippen LogP contribution in [0.25, 0.3) is 0 Å². The van der Waals surface area contributed by atoms with Crippen molar-refractivity contribution in [2.24, 2.45) is 17.3 Å². The first-order chi connectivity index (χ1) is 9.43. The fourth-order valence-electron chi connectivity index (χ4n) is 3.69. The Morgan fingerprint density at radius 3 is 2.85 bits per heavy atom. The quantitative estimate of drug-likeness (QED) is 0.755. The molecule has 5 nitrogen and oxygen atoms in total. The molecule has 0 saturated heterocycles. The number of aliphatic carboxylic acids is 1. The van der Waals surface area contributed by atoms with E-state index in [0.29, 0.717) is 6.42 Å². The van der Waals surface area contributed by atoms with Crippen molar-refractivity contribution in [3.63, 3.8) is 0 Å². The topological polar surface area (TPSA) is 83.8 Å². The highest BCUT2D eigenvalue weighted by molar-refractivity contribution is 5.96. The van der Waals surface area contributed by atoms with Crippen LogP contribution in [0, 0.1) is 17.3 Å². The molecule has 0 fully saturated rings. The van der Waals surface area contributed by atoms with Gasteiger partial charge in [0.15, 0.2) is 5.78 Å². The van der Waals surface area contributed by atoms with Crippen molar-refractivity contribution in [3.8, 4) is 0 Å². The molecule has 0 bridgehead atoms. The van der Waals surface area contributed by atoms with E-state index in [9.17, 15) is 14.7 Å². The van der Waals surface area contributed by atoms with Crippen molar-refractivity contribution in [3.05, 3.63) is 23.8 Å². The highest BCUT2D eigenvalue weighted by atomic mass is 16.5. The number of carboxylic acid groups (broad SMARTS) is 1. The minimum atomic E-state index is -1.22. The average molecular weight is 280 g/mol. The molecule has 2 N–H and O–H groups in total. The summed E-state index contributed by atoms with van der Waals surface area (Å²) in [5.41, 5.74) is 0.00902. The third-order valence-electron chi connectivity index (χ3n) is 4.57. The Balaban J connectivity index is 2.52. The molecule has 0 amide bonds. The third-order valence-corrected chi connectivity index (χ3v) is 4.57.